The Kier molecular flexibility index (Phi) is 4.31. The van der Waals surface area contributed by atoms with Crippen LogP contribution in [-0.4, -0.2) is 37.1 Å². The Morgan fingerprint density at radius 3 is 2.79 bits per heavy atom. The molecule has 2 heteroatoms. The van der Waals surface area contributed by atoms with E-state index in [1.807, 2.05) is 0 Å². The van der Waals surface area contributed by atoms with Crippen molar-refractivity contribution in [3.05, 3.63) is 42.0 Å². The molecule has 1 aliphatic heterocycles. The summed E-state index contributed by atoms with van der Waals surface area (Å²) in [7, 11) is 0. The number of likely N-dealkylation sites (tertiary alicyclic amines) is 1. The lowest BCUT2D eigenvalue weighted by molar-refractivity contribution is 0.312. The van der Waals surface area contributed by atoms with Crippen LogP contribution in [0.25, 0.3) is 6.08 Å². The van der Waals surface area contributed by atoms with Gasteiger partial charge in [-0.1, -0.05) is 42.5 Å². The maximum atomic E-state index is 3.56. The Morgan fingerprint density at radius 1 is 1.16 bits per heavy atom. The summed E-state index contributed by atoms with van der Waals surface area (Å²) in [4.78, 5) is 2.69. The van der Waals surface area contributed by atoms with Crippen molar-refractivity contribution in [3.63, 3.8) is 0 Å². The summed E-state index contributed by atoms with van der Waals surface area (Å²) in [5.41, 5.74) is 1.28. The first-order chi connectivity index (χ1) is 9.42. The van der Waals surface area contributed by atoms with Crippen LogP contribution in [0.2, 0.25) is 0 Å². The summed E-state index contributed by atoms with van der Waals surface area (Å²) >= 11 is 0. The van der Waals surface area contributed by atoms with Crippen LogP contribution >= 0.6 is 0 Å². The summed E-state index contributed by atoms with van der Waals surface area (Å²) in [6.45, 7) is 4.80. The molecule has 1 saturated carbocycles. The highest BCUT2D eigenvalue weighted by atomic mass is 15.2. The second-order valence-electron chi connectivity index (χ2n) is 5.85. The molecule has 1 aromatic carbocycles. The molecule has 1 saturated heterocycles. The highest BCUT2D eigenvalue weighted by Gasteiger charge is 2.33. The van der Waals surface area contributed by atoms with Crippen LogP contribution in [0.3, 0.4) is 0 Å². The molecule has 2 nitrogen and oxygen atoms in total. The quantitative estimate of drug-likeness (QED) is 0.787. The number of hydrogen-bond acceptors (Lipinski definition) is 2. The van der Waals surface area contributed by atoms with E-state index in [0.29, 0.717) is 0 Å². The van der Waals surface area contributed by atoms with Crippen LogP contribution in [0.5, 0.6) is 0 Å². The van der Waals surface area contributed by atoms with Gasteiger partial charge >= 0.3 is 0 Å². The van der Waals surface area contributed by atoms with Crippen molar-refractivity contribution >= 4 is 6.08 Å². The van der Waals surface area contributed by atoms with E-state index in [9.17, 15) is 0 Å². The predicted octanol–water partition coefficient (Wildman–Crippen LogP) is 2.77. The van der Waals surface area contributed by atoms with E-state index < -0.39 is 0 Å². The normalized spacial score (nSPS) is 24.3. The van der Waals surface area contributed by atoms with Gasteiger partial charge in [-0.25, -0.2) is 0 Å². The molecule has 1 aliphatic carbocycles. The molecule has 0 amide bonds. The highest BCUT2D eigenvalue weighted by molar-refractivity contribution is 5.48. The Bertz CT molecular complexity index is 409. The summed E-state index contributed by atoms with van der Waals surface area (Å²) < 4.78 is 0. The third-order valence-electron chi connectivity index (χ3n) is 4.19. The average Bonchev–Trinajstić information content (AvgIpc) is 3.20. The number of rotatable bonds is 6. The molecular weight excluding hydrogens is 232 g/mol. The van der Waals surface area contributed by atoms with Crippen molar-refractivity contribution in [1.82, 2.24) is 10.2 Å². The van der Waals surface area contributed by atoms with Crippen LogP contribution in [0.1, 0.15) is 24.8 Å². The fourth-order valence-corrected chi connectivity index (χ4v) is 2.93. The first kappa shape index (κ1) is 12.9. The van der Waals surface area contributed by atoms with E-state index in [2.05, 4.69) is 52.7 Å². The molecule has 1 unspecified atom stereocenters. The Hall–Kier alpha value is -1.12. The van der Waals surface area contributed by atoms with Crippen LogP contribution in [0.15, 0.2) is 36.4 Å². The molecule has 1 atom stereocenters. The molecule has 2 aliphatic rings. The van der Waals surface area contributed by atoms with Gasteiger partial charge in [-0.3, -0.25) is 0 Å². The van der Waals surface area contributed by atoms with E-state index in [0.717, 1.165) is 18.5 Å². The fraction of sp³-hybridized carbons (Fsp3) is 0.529. The minimum absolute atomic E-state index is 0.866. The van der Waals surface area contributed by atoms with Gasteiger partial charge in [-0.2, -0.15) is 0 Å². The maximum Gasteiger partial charge on any atom is 0.0138 e. The molecule has 2 fully saturated rings. The number of nitrogens with zero attached hydrogens (tertiary/aromatic N) is 1. The topological polar surface area (TPSA) is 15.3 Å². The Morgan fingerprint density at radius 2 is 2.00 bits per heavy atom. The van der Waals surface area contributed by atoms with E-state index in [1.54, 1.807) is 0 Å². The Labute approximate surface area is 116 Å². The first-order valence-electron chi connectivity index (χ1n) is 7.58. The molecule has 1 heterocycles. The largest absolute Gasteiger partial charge is 0.313 e. The average molecular weight is 256 g/mol. The highest BCUT2D eigenvalue weighted by Crippen LogP contribution is 2.31. The van der Waals surface area contributed by atoms with Gasteiger partial charge in [-0.05, 0) is 43.8 Å². The van der Waals surface area contributed by atoms with Gasteiger partial charge < -0.3 is 10.2 Å². The first-order valence-corrected chi connectivity index (χ1v) is 7.58. The lowest BCUT2D eigenvalue weighted by Gasteiger charge is -2.14. The maximum absolute atomic E-state index is 3.56. The van der Waals surface area contributed by atoms with Gasteiger partial charge in [0.15, 0.2) is 0 Å². The molecule has 0 radical (unpaired) electrons. The van der Waals surface area contributed by atoms with Crippen LogP contribution < -0.4 is 5.32 Å². The van der Waals surface area contributed by atoms with E-state index in [4.69, 9.17) is 0 Å². The van der Waals surface area contributed by atoms with E-state index in [-0.39, 0.29) is 0 Å². The lowest BCUT2D eigenvalue weighted by Crippen LogP contribution is -2.27. The molecule has 0 aromatic heterocycles. The minimum Gasteiger partial charge on any atom is -0.313 e. The number of hydrogen-bond donors (Lipinski definition) is 1. The van der Waals surface area contributed by atoms with Gasteiger partial charge in [-0.15, -0.1) is 0 Å². The van der Waals surface area contributed by atoms with Gasteiger partial charge in [0, 0.05) is 19.1 Å². The van der Waals surface area contributed by atoms with Gasteiger partial charge in [0.2, 0.25) is 0 Å². The zero-order chi connectivity index (χ0) is 12.9. The number of nitrogens with one attached hydrogen (secondary N) is 1. The third-order valence-corrected chi connectivity index (χ3v) is 4.19. The lowest BCUT2D eigenvalue weighted by atomic mass is 10.1. The zero-order valence-electron chi connectivity index (χ0n) is 11.6. The van der Waals surface area contributed by atoms with Crippen molar-refractivity contribution in [2.24, 2.45) is 5.92 Å². The second kappa shape index (κ2) is 6.36. The van der Waals surface area contributed by atoms with Gasteiger partial charge in [0.25, 0.3) is 0 Å². The van der Waals surface area contributed by atoms with Crippen molar-refractivity contribution in [3.8, 4) is 0 Å². The standard InChI is InChI=1S/C17H24N2/c1-2-5-15(6-3-1)7-4-11-18-13-16-10-12-19(14-16)17-8-9-17/h1-7,16-18H,8-14H2/b7-4+. The van der Waals surface area contributed by atoms with Crippen molar-refractivity contribution in [2.45, 2.75) is 25.3 Å². The van der Waals surface area contributed by atoms with Gasteiger partial charge in [0.05, 0.1) is 0 Å². The number of benzene rings is 1. The fourth-order valence-electron chi connectivity index (χ4n) is 2.93. The van der Waals surface area contributed by atoms with Crippen LogP contribution in [-0.2, 0) is 0 Å². The summed E-state index contributed by atoms with van der Waals surface area (Å²) in [5, 5.41) is 3.56. The molecule has 3 rings (SSSR count). The zero-order valence-corrected chi connectivity index (χ0v) is 11.6. The molecule has 0 bridgehead atoms. The summed E-state index contributed by atoms with van der Waals surface area (Å²) in [6, 6.07) is 11.4. The minimum atomic E-state index is 0.866. The van der Waals surface area contributed by atoms with Gasteiger partial charge in [0.1, 0.15) is 0 Å². The smallest absolute Gasteiger partial charge is 0.0138 e. The van der Waals surface area contributed by atoms with E-state index >= 15 is 0 Å². The monoisotopic (exact) mass is 256 g/mol. The molecule has 19 heavy (non-hydrogen) atoms. The molecule has 102 valence electrons. The van der Waals surface area contributed by atoms with Crippen molar-refractivity contribution in [1.29, 1.82) is 0 Å². The van der Waals surface area contributed by atoms with Crippen molar-refractivity contribution in [2.75, 3.05) is 26.2 Å². The van der Waals surface area contributed by atoms with E-state index in [1.165, 1.54) is 44.5 Å². The third kappa shape index (κ3) is 3.92. The molecule has 1 N–H and O–H groups in total. The molecule has 0 spiro atoms. The molecular formula is C17H24N2. The predicted molar refractivity (Wildman–Crippen MR) is 81.0 cm³/mol. The van der Waals surface area contributed by atoms with Crippen LogP contribution in [0, 0.1) is 5.92 Å². The van der Waals surface area contributed by atoms with Crippen LogP contribution in [0.4, 0.5) is 0 Å². The second-order valence-corrected chi connectivity index (χ2v) is 5.85. The molecule has 1 aromatic rings. The summed E-state index contributed by atoms with van der Waals surface area (Å²) in [6.07, 6.45) is 8.69. The van der Waals surface area contributed by atoms with Crippen molar-refractivity contribution < 1.29 is 0 Å². The SMILES string of the molecule is C(=C\c1ccccc1)/CNCC1CCN(C2CC2)C1. The summed E-state index contributed by atoms with van der Waals surface area (Å²) in [5.74, 6) is 0.866. The Balaban J connectivity index is 1.32.